The molecule has 0 aromatic heterocycles. The zero-order chi connectivity index (χ0) is 54.6. The standard InChI is InChI=1S/C79H52BN3/c1-5-20-53(21-6-1)57-36-42-61(43-37-57)81(62-44-38-58(39-45-62)54-22-7-2-8-23-54)64-48-49-74-67(52-64)68-50-60(56-26-11-4-12-27-56)51-76-77(68)80(83(74)63-46-40-59(41-47-63)55-24-9-3-10-25-55)73-34-19-33-72-78(73)82(76)75-35-18-17-32-71(75)79(72)69-30-15-13-28-65(69)66-29-14-16-31-70(66)79/h1-52H. The van der Waals surface area contributed by atoms with Crippen LogP contribution in [0.3, 0.4) is 0 Å². The lowest BCUT2D eigenvalue weighted by atomic mass is 9.42. The summed E-state index contributed by atoms with van der Waals surface area (Å²) >= 11 is 0. The molecule has 0 saturated carbocycles. The first kappa shape index (κ1) is 47.2. The summed E-state index contributed by atoms with van der Waals surface area (Å²) in [6, 6.07) is 117. The Kier molecular flexibility index (Phi) is 10.6. The summed E-state index contributed by atoms with van der Waals surface area (Å²) < 4.78 is 0. The number of hydrogen-bond donors (Lipinski definition) is 0. The van der Waals surface area contributed by atoms with E-state index in [4.69, 9.17) is 0 Å². The van der Waals surface area contributed by atoms with Gasteiger partial charge in [-0.05, 0) is 167 Å². The third-order valence-electron chi connectivity index (χ3n) is 18.0. The van der Waals surface area contributed by atoms with Crippen molar-refractivity contribution in [2.75, 3.05) is 14.6 Å². The zero-order valence-corrected chi connectivity index (χ0v) is 45.4. The van der Waals surface area contributed by atoms with E-state index in [1.807, 2.05) is 0 Å². The van der Waals surface area contributed by atoms with Crippen molar-refractivity contribution in [2.45, 2.75) is 5.41 Å². The van der Waals surface area contributed by atoms with Crippen LogP contribution < -0.4 is 25.5 Å². The molecule has 0 amide bonds. The largest absolute Gasteiger partial charge is 0.376 e. The molecular formula is C79H52BN3. The molecule has 1 aliphatic carbocycles. The monoisotopic (exact) mass is 1050 g/mol. The predicted molar refractivity (Wildman–Crippen MR) is 347 cm³/mol. The maximum atomic E-state index is 2.66. The molecule has 1 spiro atoms. The minimum Gasteiger partial charge on any atom is -0.376 e. The van der Waals surface area contributed by atoms with Crippen LogP contribution in [-0.2, 0) is 5.41 Å². The molecule has 0 bridgehead atoms. The molecule has 17 rings (SSSR count). The van der Waals surface area contributed by atoms with Crippen LogP contribution in [0.4, 0.5) is 45.5 Å². The number of fused-ring (bicyclic) bond motifs is 13. The highest BCUT2D eigenvalue weighted by Gasteiger charge is 2.55. The summed E-state index contributed by atoms with van der Waals surface area (Å²) in [5, 5.41) is 0. The molecule has 0 saturated heterocycles. The second-order valence-electron chi connectivity index (χ2n) is 22.3. The predicted octanol–water partition coefficient (Wildman–Crippen LogP) is 19.2. The molecule has 13 aromatic carbocycles. The molecule has 0 N–H and O–H groups in total. The number of rotatable bonds is 8. The Morgan fingerprint density at radius 3 is 1.28 bits per heavy atom. The Bertz CT molecular complexity index is 4530. The highest BCUT2D eigenvalue weighted by Crippen LogP contribution is 2.64. The molecule has 4 heteroatoms. The van der Waals surface area contributed by atoms with Gasteiger partial charge in [0.25, 0.3) is 0 Å². The Morgan fingerprint density at radius 1 is 0.277 bits per heavy atom. The van der Waals surface area contributed by atoms with Crippen LogP contribution in [0.15, 0.2) is 315 Å². The van der Waals surface area contributed by atoms with E-state index < -0.39 is 5.41 Å². The summed E-state index contributed by atoms with van der Waals surface area (Å²) in [4.78, 5) is 7.74. The average molecular weight is 1050 g/mol. The fourth-order valence-corrected chi connectivity index (χ4v) is 14.5. The normalized spacial score (nSPS) is 13.3. The number of nitrogens with zero attached hydrogens (tertiary/aromatic N) is 3. The molecule has 0 atom stereocenters. The molecular weight excluding hydrogens is 1000 g/mol. The van der Waals surface area contributed by atoms with Crippen molar-refractivity contribution in [2.24, 2.45) is 0 Å². The Morgan fingerprint density at radius 2 is 0.723 bits per heavy atom. The van der Waals surface area contributed by atoms with Gasteiger partial charge in [-0.15, -0.1) is 0 Å². The van der Waals surface area contributed by atoms with Crippen LogP contribution in [0.25, 0.3) is 66.8 Å². The van der Waals surface area contributed by atoms with E-state index in [0.717, 1.165) is 28.4 Å². The Labute approximate surface area is 485 Å². The van der Waals surface area contributed by atoms with Crippen molar-refractivity contribution in [3.8, 4) is 66.8 Å². The molecule has 0 radical (unpaired) electrons. The Balaban J connectivity index is 0.938. The molecule has 0 unspecified atom stereocenters. The van der Waals surface area contributed by atoms with E-state index in [2.05, 4.69) is 330 Å². The fourth-order valence-electron chi connectivity index (χ4n) is 14.5. The zero-order valence-electron chi connectivity index (χ0n) is 45.4. The van der Waals surface area contributed by atoms with Crippen molar-refractivity contribution in [3.63, 3.8) is 0 Å². The van der Waals surface area contributed by atoms with Crippen LogP contribution >= 0.6 is 0 Å². The summed E-state index contributed by atoms with van der Waals surface area (Å²) in [5.41, 5.74) is 30.9. The van der Waals surface area contributed by atoms with E-state index in [0.29, 0.717) is 0 Å². The van der Waals surface area contributed by atoms with E-state index >= 15 is 0 Å². The lowest BCUT2D eigenvalue weighted by Crippen LogP contribution is -2.62. The molecule has 386 valence electrons. The first-order chi connectivity index (χ1) is 41.2. The van der Waals surface area contributed by atoms with Gasteiger partial charge < -0.3 is 14.6 Å². The maximum absolute atomic E-state index is 2.66. The molecule has 83 heavy (non-hydrogen) atoms. The lowest BCUT2D eigenvalue weighted by molar-refractivity contribution is 0.753. The maximum Gasteiger partial charge on any atom is 0.333 e. The van der Waals surface area contributed by atoms with Gasteiger partial charge in [-0.1, -0.05) is 243 Å². The van der Waals surface area contributed by atoms with Gasteiger partial charge >= 0.3 is 6.85 Å². The summed E-state index contributed by atoms with van der Waals surface area (Å²) in [7, 11) is 0. The van der Waals surface area contributed by atoms with Crippen LogP contribution in [-0.4, -0.2) is 6.85 Å². The van der Waals surface area contributed by atoms with Gasteiger partial charge in [-0.2, -0.15) is 0 Å². The molecule has 0 fully saturated rings. The minimum atomic E-state index is -0.561. The van der Waals surface area contributed by atoms with E-state index in [1.54, 1.807) is 0 Å². The van der Waals surface area contributed by atoms with Crippen molar-refractivity contribution in [1.29, 1.82) is 0 Å². The van der Waals surface area contributed by atoms with Crippen molar-refractivity contribution in [1.82, 2.24) is 0 Å². The van der Waals surface area contributed by atoms with E-state index in [1.165, 1.54) is 117 Å². The van der Waals surface area contributed by atoms with E-state index in [-0.39, 0.29) is 6.85 Å². The van der Waals surface area contributed by atoms with E-state index in [9.17, 15) is 0 Å². The highest BCUT2D eigenvalue weighted by atomic mass is 15.2. The van der Waals surface area contributed by atoms with Gasteiger partial charge in [0, 0.05) is 45.4 Å². The second-order valence-corrected chi connectivity index (χ2v) is 22.3. The van der Waals surface area contributed by atoms with Crippen molar-refractivity contribution >= 4 is 63.3 Å². The van der Waals surface area contributed by atoms with Gasteiger partial charge in [0.1, 0.15) is 0 Å². The summed E-state index contributed by atoms with van der Waals surface area (Å²) in [6.07, 6.45) is 0. The van der Waals surface area contributed by atoms with Gasteiger partial charge in [-0.25, -0.2) is 0 Å². The van der Waals surface area contributed by atoms with Gasteiger partial charge in [0.15, 0.2) is 0 Å². The molecule has 3 heterocycles. The number of hydrogen-bond acceptors (Lipinski definition) is 3. The summed E-state index contributed by atoms with van der Waals surface area (Å²) in [5.74, 6) is 0. The first-order valence-corrected chi connectivity index (χ1v) is 28.9. The highest BCUT2D eigenvalue weighted by molar-refractivity contribution is 6.93. The van der Waals surface area contributed by atoms with Crippen LogP contribution in [0.5, 0.6) is 0 Å². The van der Waals surface area contributed by atoms with Gasteiger partial charge in [0.2, 0.25) is 0 Å². The Hall–Kier alpha value is -10.7. The molecule has 3 nitrogen and oxygen atoms in total. The SMILES string of the molecule is c1ccc(-c2ccc(N3B4c5cccc6c5N(c5ccccc5C65c6ccccc6-c6ccccc65)c5cc(-c6ccccc6)cc(c54)-c4cc(N(c5ccc(-c6ccccc6)cc5)c5ccc(-c6ccccc6)cc5)ccc43)cc2)cc1. The lowest BCUT2D eigenvalue weighted by Gasteiger charge is -2.51. The third kappa shape index (κ3) is 7.13. The van der Waals surface area contributed by atoms with Gasteiger partial charge in [0.05, 0.1) is 11.1 Å². The second kappa shape index (κ2) is 18.7. The summed E-state index contributed by atoms with van der Waals surface area (Å²) in [6.45, 7) is -0.196. The van der Waals surface area contributed by atoms with Crippen LogP contribution in [0.1, 0.15) is 22.3 Å². The fraction of sp³-hybridized carbons (Fsp3) is 0.0127. The van der Waals surface area contributed by atoms with Crippen molar-refractivity contribution in [3.05, 3.63) is 338 Å². The number of benzene rings is 13. The molecule has 4 aliphatic rings. The average Bonchev–Trinajstić information content (AvgIpc) is 1.76. The third-order valence-corrected chi connectivity index (χ3v) is 18.0. The quantitative estimate of drug-likeness (QED) is 0.140. The molecule has 3 aliphatic heterocycles. The van der Waals surface area contributed by atoms with Crippen LogP contribution in [0, 0.1) is 0 Å². The number of para-hydroxylation sites is 2. The van der Waals surface area contributed by atoms with Crippen molar-refractivity contribution < 1.29 is 0 Å². The smallest absolute Gasteiger partial charge is 0.333 e. The van der Waals surface area contributed by atoms with Gasteiger partial charge in [-0.3, -0.25) is 0 Å². The van der Waals surface area contributed by atoms with Crippen LogP contribution in [0.2, 0.25) is 0 Å². The topological polar surface area (TPSA) is 9.72 Å². The number of anilines is 8. The molecule has 13 aromatic rings. The minimum absolute atomic E-state index is 0.196. The first-order valence-electron chi connectivity index (χ1n) is 28.9.